The summed E-state index contributed by atoms with van der Waals surface area (Å²) in [5.41, 5.74) is 1.89. The second kappa shape index (κ2) is 9.42. The molecule has 0 unspecified atom stereocenters. The fourth-order valence-electron chi connectivity index (χ4n) is 2.58. The van der Waals surface area contributed by atoms with Gasteiger partial charge in [-0.2, -0.15) is 0 Å². The fraction of sp³-hybridized carbons (Fsp3) is 0.333. The smallest absolute Gasteiger partial charge is 0.251 e. The van der Waals surface area contributed by atoms with Crippen LogP contribution in [0.1, 0.15) is 36.7 Å². The summed E-state index contributed by atoms with van der Waals surface area (Å²) >= 11 is 6.11. The number of rotatable bonds is 7. The third-order valence-electron chi connectivity index (χ3n) is 4.19. The van der Waals surface area contributed by atoms with E-state index in [-0.39, 0.29) is 17.7 Å². The highest BCUT2D eigenvalue weighted by molar-refractivity contribution is 6.31. The first-order valence-electron chi connectivity index (χ1n) is 8.93. The number of anilines is 1. The highest BCUT2D eigenvalue weighted by Gasteiger charge is 2.25. The van der Waals surface area contributed by atoms with E-state index in [2.05, 4.69) is 10.6 Å². The van der Waals surface area contributed by atoms with Gasteiger partial charge in [-0.25, -0.2) is 0 Å². The van der Waals surface area contributed by atoms with Crippen LogP contribution in [-0.2, 0) is 4.79 Å². The van der Waals surface area contributed by atoms with Crippen molar-refractivity contribution >= 4 is 29.1 Å². The number of halogens is 1. The second-order valence-electron chi connectivity index (χ2n) is 6.55. The molecule has 0 saturated carbocycles. The van der Waals surface area contributed by atoms with Gasteiger partial charge in [0.25, 0.3) is 5.91 Å². The number of carbonyl (C=O) groups is 2. The van der Waals surface area contributed by atoms with Crippen LogP contribution in [0.5, 0.6) is 5.75 Å². The zero-order valence-electron chi connectivity index (χ0n) is 16.0. The number of hydrogen-bond acceptors (Lipinski definition) is 3. The minimum Gasteiger partial charge on any atom is -0.494 e. The summed E-state index contributed by atoms with van der Waals surface area (Å²) in [6, 6.07) is 11.5. The van der Waals surface area contributed by atoms with E-state index in [1.165, 1.54) is 0 Å². The van der Waals surface area contributed by atoms with E-state index in [0.717, 1.165) is 5.56 Å². The van der Waals surface area contributed by atoms with Gasteiger partial charge in [0.05, 0.1) is 6.61 Å². The Hall–Kier alpha value is -2.53. The molecular formula is C21H25ClN2O3. The summed E-state index contributed by atoms with van der Waals surface area (Å²) in [4.78, 5) is 25.3. The summed E-state index contributed by atoms with van der Waals surface area (Å²) in [6.07, 6.45) is 0. The Morgan fingerprint density at radius 2 is 1.78 bits per heavy atom. The molecule has 0 fully saturated rings. The molecule has 0 aromatic heterocycles. The van der Waals surface area contributed by atoms with Crippen molar-refractivity contribution in [2.75, 3.05) is 11.9 Å². The Kier molecular flexibility index (Phi) is 7.25. The minimum absolute atomic E-state index is 0.0869. The number of benzene rings is 2. The SMILES string of the molecule is CCOc1ccc(C(=O)N[C@H](C(=O)Nc2cccc(Cl)c2C)C(C)C)cc1. The van der Waals surface area contributed by atoms with Gasteiger partial charge < -0.3 is 15.4 Å². The largest absolute Gasteiger partial charge is 0.494 e. The van der Waals surface area contributed by atoms with Crippen LogP contribution < -0.4 is 15.4 Å². The van der Waals surface area contributed by atoms with Crippen molar-refractivity contribution in [2.24, 2.45) is 5.92 Å². The standard InChI is InChI=1S/C21H25ClN2O3/c1-5-27-16-11-9-15(10-12-16)20(25)24-19(13(2)3)21(26)23-18-8-6-7-17(22)14(18)4/h6-13,19H,5H2,1-4H3,(H,23,26)(H,24,25)/t19-/m0/s1. The van der Waals surface area contributed by atoms with Crippen LogP contribution in [0.2, 0.25) is 5.02 Å². The van der Waals surface area contributed by atoms with Crippen LogP contribution in [-0.4, -0.2) is 24.5 Å². The lowest BCUT2D eigenvalue weighted by Gasteiger charge is -2.22. The fourth-order valence-corrected chi connectivity index (χ4v) is 2.76. The molecule has 144 valence electrons. The number of amides is 2. The normalized spacial score (nSPS) is 11.8. The molecule has 0 aliphatic heterocycles. The van der Waals surface area contributed by atoms with E-state index in [9.17, 15) is 9.59 Å². The summed E-state index contributed by atoms with van der Waals surface area (Å²) < 4.78 is 5.38. The van der Waals surface area contributed by atoms with Gasteiger partial charge in [-0.3, -0.25) is 9.59 Å². The first kappa shape index (κ1) is 20.8. The Morgan fingerprint density at radius 1 is 1.11 bits per heavy atom. The molecule has 2 aromatic carbocycles. The topological polar surface area (TPSA) is 67.4 Å². The van der Waals surface area contributed by atoms with Crippen molar-refractivity contribution in [3.63, 3.8) is 0 Å². The molecule has 0 aliphatic rings. The van der Waals surface area contributed by atoms with Crippen LogP contribution in [0.4, 0.5) is 5.69 Å². The molecule has 6 heteroatoms. The van der Waals surface area contributed by atoms with E-state index in [1.807, 2.05) is 27.7 Å². The molecule has 27 heavy (non-hydrogen) atoms. The minimum atomic E-state index is -0.678. The molecule has 2 amide bonds. The maximum absolute atomic E-state index is 12.7. The maximum Gasteiger partial charge on any atom is 0.251 e. The monoisotopic (exact) mass is 388 g/mol. The molecule has 0 spiro atoms. The first-order valence-corrected chi connectivity index (χ1v) is 9.31. The Balaban J connectivity index is 2.10. The zero-order valence-corrected chi connectivity index (χ0v) is 16.8. The molecule has 2 N–H and O–H groups in total. The number of carbonyl (C=O) groups excluding carboxylic acids is 2. The Labute approximate surface area is 165 Å². The molecule has 5 nitrogen and oxygen atoms in total. The summed E-state index contributed by atoms with van der Waals surface area (Å²) in [6.45, 7) is 8.06. The molecule has 1 atom stereocenters. The zero-order chi connectivity index (χ0) is 20.0. The van der Waals surface area contributed by atoms with Crippen LogP contribution in [0, 0.1) is 12.8 Å². The predicted molar refractivity (Wildman–Crippen MR) is 109 cm³/mol. The van der Waals surface area contributed by atoms with Crippen molar-refractivity contribution in [2.45, 2.75) is 33.7 Å². The van der Waals surface area contributed by atoms with Crippen molar-refractivity contribution in [3.8, 4) is 5.75 Å². The molecule has 0 aliphatic carbocycles. The Morgan fingerprint density at radius 3 is 2.37 bits per heavy atom. The van der Waals surface area contributed by atoms with Gasteiger partial charge in [-0.15, -0.1) is 0 Å². The van der Waals surface area contributed by atoms with Crippen molar-refractivity contribution in [1.29, 1.82) is 0 Å². The molecule has 0 bridgehead atoms. The van der Waals surface area contributed by atoms with E-state index >= 15 is 0 Å². The van der Waals surface area contributed by atoms with E-state index < -0.39 is 6.04 Å². The van der Waals surface area contributed by atoms with Gasteiger partial charge in [0.15, 0.2) is 0 Å². The van der Waals surface area contributed by atoms with Gasteiger partial charge in [-0.1, -0.05) is 31.5 Å². The lowest BCUT2D eigenvalue weighted by atomic mass is 10.0. The molecule has 2 rings (SSSR count). The van der Waals surface area contributed by atoms with Crippen molar-refractivity contribution < 1.29 is 14.3 Å². The molecule has 2 aromatic rings. The van der Waals surface area contributed by atoms with E-state index in [0.29, 0.717) is 28.6 Å². The van der Waals surface area contributed by atoms with Crippen molar-refractivity contribution in [1.82, 2.24) is 5.32 Å². The molecule has 0 radical (unpaired) electrons. The van der Waals surface area contributed by atoms with Gasteiger partial charge in [0, 0.05) is 16.3 Å². The van der Waals surface area contributed by atoms with Crippen LogP contribution >= 0.6 is 11.6 Å². The molecular weight excluding hydrogens is 364 g/mol. The third kappa shape index (κ3) is 5.47. The van der Waals surface area contributed by atoms with Crippen LogP contribution in [0.3, 0.4) is 0 Å². The third-order valence-corrected chi connectivity index (χ3v) is 4.60. The Bertz CT molecular complexity index is 804. The van der Waals surface area contributed by atoms with Crippen LogP contribution in [0.15, 0.2) is 42.5 Å². The van der Waals surface area contributed by atoms with Gasteiger partial charge in [-0.05, 0) is 61.7 Å². The maximum atomic E-state index is 12.7. The first-order chi connectivity index (χ1) is 12.8. The predicted octanol–water partition coefficient (Wildman–Crippen LogP) is 4.44. The van der Waals surface area contributed by atoms with Gasteiger partial charge in [0.1, 0.15) is 11.8 Å². The van der Waals surface area contributed by atoms with Crippen molar-refractivity contribution in [3.05, 3.63) is 58.6 Å². The number of hydrogen-bond donors (Lipinski definition) is 2. The highest BCUT2D eigenvalue weighted by Crippen LogP contribution is 2.23. The number of nitrogens with one attached hydrogen (secondary N) is 2. The second-order valence-corrected chi connectivity index (χ2v) is 6.96. The number of ether oxygens (including phenoxy) is 1. The molecule has 0 saturated heterocycles. The summed E-state index contributed by atoms with van der Waals surface area (Å²) in [5, 5.41) is 6.25. The van der Waals surface area contributed by atoms with E-state index in [1.54, 1.807) is 42.5 Å². The molecule has 0 heterocycles. The average Bonchev–Trinajstić information content (AvgIpc) is 2.64. The van der Waals surface area contributed by atoms with E-state index in [4.69, 9.17) is 16.3 Å². The van der Waals surface area contributed by atoms with Gasteiger partial charge >= 0.3 is 0 Å². The highest BCUT2D eigenvalue weighted by atomic mass is 35.5. The summed E-state index contributed by atoms with van der Waals surface area (Å²) in [7, 11) is 0. The van der Waals surface area contributed by atoms with Gasteiger partial charge in [0.2, 0.25) is 5.91 Å². The lowest BCUT2D eigenvalue weighted by Crippen LogP contribution is -2.47. The lowest BCUT2D eigenvalue weighted by molar-refractivity contribution is -0.118. The average molecular weight is 389 g/mol. The quantitative estimate of drug-likeness (QED) is 0.736. The summed E-state index contributed by atoms with van der Waals surface area (Å²) in [5.74, 6) is 0.0177. The van der Waals surface area contributed by atoms with Crippen LogP contribution in [0.25, 0.3) is 0 Å².